The summed E-state index contributed by atoms with van der Waals surface area (Å²) in [6.45, 7) is 0. The lowest BCUT2D eigenvalue weighted by Gasteiger charge is -2.09. The van der Waals surface area contributed by atoms with Crippen LogP contribution in [-0.4, -0.2) is 11.8 Å². The van der Waals surface area contributed by atoms with Crippen molar-refractivity contribution in [3.8, 4) is 0 Å². The quantitative estimate of drug-likeness (QED) is 0.883. The molecule has 2 aromatic rings. The largest absolute Gasteiger partial charge is 0.321 e. The van der Waals surface area contributed by atoms with Gasteiger partial charge in [0.15, 0.2) is 0 Å². The summed E-state index contributed by atoms with van der Waals surface area (Å²) in [6, 6.07) is 13.2. The van der Waals surface area contributed by atoms with Crippen molar-refractivity contribution in [3.63, 3.8) is 0 Å². The van der Waals surface area contributed by atoms with E-state index >= 15 is 0 Å². The van der Waals surface area contributed by atoms with Gasteiger partial charge in [0.2, 0.25) is 0 Å². The Hall–Kier alpha value is -2.92. The molecule has 2 N–H and O–H groups in total. The van der Waals surface area contributed by atoms with Crippen LogP contribution in [-0.2, 0) is 9.59 Å². The molecule has 0 aromatic heterocycles. The van der Waals surface area contributed by atoms with E-state index in [1.165, 1.54) is 18.2 Å². The predicted octanol–water partition coefficient (Wildman–Crippen LogP) is 2.86. The second-order valence-electron chi connectivity index (χ2n) is 5.37. The molecule has 0 unspecified atom stereocenters. The maximum Gasteiger partial charge on any atom is 0.258 e. The SMILES string of the molecule is O=C1NC(c2c(F)cccc2Cl)=C2C(=O)NC(c3ccccc3)=C12. The van der Waals surface area contributed by atoms with Gasteiger partial charge in [-0.25, -0.2) is 4.39 Å². The molecule has 0 fully saturated rings. The van der Waals surface area contributed by atoms with E-state index in [1.54, 1.807) is 24.3 Å². The average Bonchev–Trinajstić information content (AvgIpc) is 3.08. The zero-order valence-corrected chi connectivity index (χ0v) is 12.9. The number of fused-ring (bicyclic) bond motifs is 1. The molecule has 2 amide bonds. The van der Waals surface area contributed by atoms with Gasteiger partial charge in [0.25, 0.3) is 11.8 Å². The van der Waals surface area contributed by atoms with Crippen molar-refractivity contribution >= 4 is 34.8 Å². The van der Waals surface area contributed by atoms with E-state index < -0.39 is 17.6 Å². The highest BCUT2D eigenvalue weighted by molar-refractivity contribution is 6.35. The molecule has 2 heterocycles. The minimum Gasteiger partial charge on any atom is -0.321 e. The average molecular weight is 341 g/mol. The third-order valence-corrected chi connectivity index (χ3v) is 4.27. The van der Waals surface area contributed by atoms with Crippen molar-refractivity contribution in [1.82, 2.24) is 10.6 Å². The first-order valence-corrected chi connectivity index (χ1v) is 7.57. The van der Waals surface area contributed by atoms with E-state index in [4.69, 9.17) is 11.6 Å². The molecule has 0 radical (unpaired) electrons. The number of carbonyl (C=O) groups excluding carboxylic acids is 2. The van der Waals surface area contributed by atoms with Gasteiger partial charge < -0.3 is 10.6 Å². The predicted molar refractivity (Wildman–Crippen MR) is 88.0 cm³/mol. The Balaban J connectivity index is 1.97. The van der Waals surface area contributed by atoms with Gasteiger partial charge in [-0.2, -0.15) is 0 Å². The van der Waals surface area contributed by atoms with Crippen LogP contribution in [0.25, 0.3) is 11.4 Å². The first-order chi connectivity index (χ1) is 11.6. The molecule has 0 spiro atoms. The molecule has 2 aromatic carbocycles. The molecule has 4 nitrogen and oxygen atoms in total. The van der Waals surface area contributed by atoms with Crippen LogP contribution < -0.4 is 10.6 Å². The number of hydrogen-bond donors (Lipinski definition) is 2. The molecule has 0 aliphatic carbocycles. The smallest absolute Gasteiger partial charge is 0.258 e. The molecule has 0 bridgehead atoms. The Labute approximate surface area is 141 Å². The standard InChI is InChI=1S/C18H10ClFN2O2/c19-10-7-4-8-11(20)12(10)16-14-13(17(23)22-16)15(21-18(14)24)9-5-2-1-3-6-9/h1-8H,(H,21,24)(H,22,23). The van der Waals surface area contributed by atoms with Gasteiger partial charge in [-0.3, -0.25) is 9.59 Å². The topological polar surface area (TPSA) is 58.2 Å². The van der Waals surface area contributed by atoms with Crippen LogP contribution in [0.15, 0.2) is 59.7 Å². The second kappa shape index (κ2) is 5.32. The van der Waals surface area contributed by atoms with Crippen LogP contribution in [0.5, 0.6) is 0 Å². The lowest BCUT2D eigenvalue weighted by Crippen LogP contribution is -2.21. The number of halogens is 2. The van der Waals surface area contributed by atoms with Crippen LogP contribution in [0.1, 0.15) is 11.1 Å². The lowest BCUT2D eigenvalue weighted by atomic mass is 10.0. The number of nitrogens with one attached hydrogen (secondary N) is 2. The summed E-state index contributed by atoms with van der Waals surface area (Å²) in [4.78, 5) is 24.8. The van der Waals surface area contributed by atoms with Crippen LogP contribution >= 0.6 is 11.6 Å². The molecule has 24 heavy (non-hydrogen) atoms. The third-order valence-electron chi connectivity index (χ3n) is 3.96. The van der Waals surface area contributed by atoms with Crippen molar-refractivity contribution in [2.24, 2.45) is 0 Å². The molecule has 0 saturated heterocycles. The van der Waals surface area contributed by atoms with Crippen molar-refractivity contribution in [2.75, 3.05) is 0 Å². The summed E-state index contributed by atoms with van der Waals surface area (Å²) in [7, 11) is 0. The maximum absolute atomic E-state index is 14.2. The van der Waals surface area contributed by atoms with Gasteiger partial charge in [0, 0.05) is 0 Å². The molecule has 0 atom stereocenters. The summed E-state index contributed by atoms with van der Waals surface area (Å²) in [5.41, 5.74) is 1.55. The highest BCUT2D eigenvalue weighted by atomic mass is 35.5. The number of amides is 2. The summed E-state index contributed by atoms with van der Waals surface area (Å²) >= 11 is 6.08. The molecule has 4 rings (SSSR count). The monoisotopic (exact) mass is 340 g/mol. The summed E-state index contributed by atoms with van der Waals surface area (Å²) in [5.74, 6) is -1.53. The van der Waals surface area contributed by atoms with E-state index in [0.29, 0.717) is 11.3 Å². The van der Waals surface area contributed by atoms with Gasteiger partial charge in [-0.15, -0.1) is 0 Å². The highest BCUT2D eigenvalue weighted by Gasteiger charge is 2.41. The number of benzene rings is 2. The number of hydrogen-bond acceptors (Lipinski definition) is 2. The minimum atomic E-state index is -0.604. The van der Waals surface area contributed by atoms with Gasteiger partial charge in [-0.1, -0.05) is 48.0 Å². The lowest BCUT2D eigenvalue weighted by molar-refractivity contribution is -0.117. The Morgan fingerprint density at radius 1 is 0.792 bits per heavy atom. The first kappa shape index (κ1) is 14.7. The molecule has 2 aliphatic rings. The van der Waals surface area contributed by atoms with Crippen LogP contribution in [0.2, 0.25) is 5.02 Å². The maximum atomic E-state index is 14.2. The Morgan fingerprint density at radius 3 is 2.08 bits per heavy atom. The van der Waals surface area contributed by atoms with Crippen molar-refractivity contribution < 1.29 is 14.0 Å². The third kappa shape index (κ3) is 2.06. The van der Waals surface area contributed by atoms with Crippen molar-refractivity contribution in [1.29, 1.82) is 0 Å². The van der Waals surface area contributed by atoms with Crippen LogP contribution in [0.4, 0.5) is 4.39 Å². The van der Waals surface area contributed by atoms with Gasteiger partial charge in [0.1, 0.15) is 5.82 Å². The first-order valence-electron chi connectivity index (χ1n) is 7.19. The molecular formula is C18H10ClFN2O2. The number of carbonyl (C=O) groups is 2. The molecule has 118 valence electrons. The van der Waals surface area contributed by atoms with Gasteiger partial charge >= 0.3 is 0 Å². The van der Waals surface area contributed by atoms with E-state index in [2.05, 4.69) is 10.6 Å². The van der Waals surface area contributed by atoms with Crippen LogP contribution in [0, 0.1) is 5.82 Å². The van der Waals surface area contributed by atoms with E-state index in [1.807, 2.05) is 6.07 Å². The molecular weight excluding hydrogens is 331 g/mol. The molecule has 2 aliphatic heterocycles. The summed E-state index contributed by atoms with van der Waals surface area (Å²) < 4.78 is 14.2. The second-order valence-corrected chi connectivity index (χ2v) is 5.78. The van der Waals surface area contributed by atoms with E-state index in [9.17, 15) is 14.0 Å². The molecule has 6 heteroatoms. The minimum absolute atomic E-state index is 0.0157. The number of rotatable bonds is 2. The molecule has 0 saturated carbocycles. The van der Waals surface area contributed by atoms with E-state index in [-0.39, 0.29) is 27.4 Å². The van der Waals surface area contributed by atoms with Crippen LogP contribution in [0.3, 0.4) is 0 Å². The Morgan fingerprint density at radius 2 is 1.42 bits per heavy atom. The fourth-order valence-electron chi connectivity index (χ4n) is 2.93. The normalized spacial score (nSPS) is 16.4. The summed E-state index contributed by atoms with van der Waals surface area (Å²) in [5, 5.41) is 5.40. The summed E-state index contributed by atoms with van der Waals surface area (Å²) in [6.07, 6.45) is 0. The van der Waals surface area contributed by atoms with Gasteiger partial charge in [0.05, 0.1) is 33.1 Å². The fraction of sp³-hybridized carbons (Fsp3) is 0. The van der Waals surface area contributed by atoms with Crippen molar-refractivity contribution in [3.05, 3.63) is 81.6 Å². The Kier molecular flexibility index (Phi) is 3.25. The Bertz CT molecular complexity index is 944. The van der Waals surface area contributed by atoms with E-state index in [0.717, 1.165) is 0 Å². The zero-order valence-electron chi connectivity index (χ0n) is 12.2. The fourth-order valence-corrected chi connectivity index (χ4v) is 3.18. The van der Waals surface area contributed by atoms with Crippen molar-refractivity contribution in [2.45, 2.75) is 0 Å². The highest BCUT2D eigenvalue weighted by Crippen LogP contribution is 2.39. The van der Waals surface area contributed by atoms with Gasteiger partial charge in [-0.05, 0) is 17.7 Å². The zero-order chi connectivity index (χ0) is 16.8.